The standard InChI is InChI=1S/C14H15ClN2O3S/c15-12-2-1-3-13(16)14(12)21(19,20)17-9-8-10-4-6-11(18)7-5-10/h1-7,17-18H,8-9,16H2. The van der Waals surface area contributed by atoms with Crippen LogP contribution in [0.5, 0.6) is 5.75 Å². The fourth-order valence-electron chi connectivity index (χ4n) is 1.87. The second kappa shape index (κ2) is 6.34. The van der Waals surface area contributed by atoms with Gasteiger partial charge in [-0.1, -0.05) is 29.8 Å². The summed E-state index contributed by atoms with van der Waals surface area (Å²) < 4.78 is 26.9. The van der Waals surface area contributed by atoms with Crippen molar-refractivity contribution in [3.05, 3.63) is 53.1 Å². The summed E-state index contributed by atoms with van der Waals surface area (Å²) in [5, 5.41) is 9.27. The summed E-state index contributed by atoms with van der Waals surface area (Å²) >= 11 is 5.90. The highest BCUT2D eigenvalue weighted by Crippen LogP contribution is 2.26. The predicted molar refractivity (Wildman–Crippen MR) is 82.9 cm³/mol. The largest absolute Gasteiger partial charge is 0.508 e. The zero-order valence-electron chi connectivity index (χ0n) is 11.1. The summed E-state index contributed by atoms with van der Waals surface area (Å²) in [7, 11) is -3.76. The van der Waals surface area contributed by atoms with Crippen molar-refractivity contribution in [2.45, 2.75) is 11.3 Å². The summed E-state index contributed by atoms with van der Waals surface area (Å²) in [5.41, 5.74) is 6.69. The van der Waals surface area contributed by atoms with Gasteiger partial charge in [0.1, 0.15) is 10.6 Å². The molecular weight excluding hydrogens is 312 g/mol. The Balaban J connectivity index is 2.07. The van der Waals surface area contributed by atoms with Gasteiger partial charge in [0.2, 0.25) is 10.0 Å². The average molecular weight is 327 g/mol. The number of nitrogens with one attached hydrogen (secondary N) is 1. The molecule has 2 aromatic carbocycles. The SMILES string of the molecule is Nc1cccc(Cl)c1S(=O)(=O)NCCc1ccc(O)cc1. The van der Waals surface area contributed by atoms with Crippen LogP contribution in [0.1, 0.15) is 5.56 Å². The number of aromatic hydroxyl groups is 1. The van der Waals surface area contributed by atoms with Crippen LogP contribution in [0.2, 0.25) is 5.02 Å². The molecule has 0 aliphatic rings. The van der Waals surface area contributed by atoms with E-state index in [2.05, 4.69) is 4.72 Å². The highest BCUT2D eigenvalue weighted by Gasteiger charge is 2.20. The van der Waals surface area contributed by atoms with Gasteiger partial charge in [-0.3, -0.25) is 0 Å². The summed E-state index contributed by atoms with van der Waals surface area (Å²) in [4.78, 5) is -0.0997. The summed E-state index contributed by atoms with van der Waals surface area (Å²) in [6.45, 7) is 0.206. The van der Waals surface area contributed by atoms with Gasteiger partial charge in [-0.2, -0.15) is 0 Å². The number of sulfonamides is 1. The predicted octanol–water partition coefficient (Wildman–Crippen LogP) is 2.15. The monoisotopic (exact) mass is 326 g/mol. The molecule has 0 aliphatic heterocycles. The lowest BCUT2D eigenvalue weighted by molar-refractivity contribution is 0.475. The van der Waals surface area contributed by atoms with Crippen LogP contribution in [0.15, 0.2) is 47.4 Å². The lowest BCUT2D eigenvalue weighted by atomic mass is 10.1. The molecule has 112 valence electrons. The molecule has 0 bridgehead atoms. The molecule has 2 aromatic rings. The first-order valence-electron chi connectivity index (χ1n) is 6.22. The van der Waals surface area contributed by atoms with Gasteiger partial charge >= 0.3 is 0 Å². The van der Waals surface area contributed by atoms with E-state index in [0.717, 1.165) is 5.56 Å². The van der Waals surface area contributed by atoms with Crippen LogP contribution in [0.25, 0.3) is 0 Å². The first kappa shape index (κ1) is 15.6. The number of nitrogens with two attached hydrogens (primary N) is 1. The third-order valence-electron chi connectivity index (χ3n) is 2.91. The van der Waals surface area contributed by atoms with Crippen LogP contribution >= 0.6 is 11.6 Å². The molecule has 0 heterocycles. The Morgan fingerprint density at radius 2 is 1.81 bits per heavy atom. The van der Waals surface area contributed by atoms with E-state index in [1.165, 1.54) is 12.1 Å². The van der Waals surface area contributed by atoms with E-state index in [9.17, 15) is 13.5 Å². The normalized spacial score (nSPS) is 11.5. The minimum Gasteiger partial charge on any atom is -0.508 e. The number of halogens is 1. The van der Waals surface area contributed by atoms with Crippen molar-refractivity contribution in [3.63, 3.8) is 0 Å². The molecule has 0 radical (unpaired) electrons. The van der Waals surface area contributed by atoms with Gasteiger partial charge in [0.05, 0.1) is 10.7 Å². The highest BCUT2D eigenvalue weighted by atomic mass is 35.5. The maximum absolute atomic E-state index is 12.2. The van der Waals surface area contributed by atoms with Crippen LogP contribution in [0.3, 0.4) is 0 Å². The molecule has 2 rings (SSSR count). The van der Waals surface area contributed by atoms with E-state index in [0.29, 0.717) is 6.42 Å². The van der Waals surface area contributed by atoms with Crippen LogP contribution < -0.4 is 10.5 Å². The molecule has 0 aliphatic carbocycles. The number of hydrogen-bond acceptors (Lipinski definition) is 4. The van der Waals surface area contributed by atoms with Crippen LogP contribution in [-0.2, 0) is 16.4 Å². The van der Waals surface area contributed by atoms with Crippen molar-refractivity contribution in [2.75, 3.05) is 12.3 Å². The minimum absolute atomic E-state index is 0.0899. The number of phenols is 1. The summed E-state index contributed by atoms with van der Waals surface area (Å²) in [6.07, 6.45) is 0.490. The highest BCUT2D eigenvalue weighted by molar-refractivity contribution is 7.89. The molecule has 0 atom stereocenters. The topological polar surface area (TPSA) is 92.4 Å². The first-order chi connectivity index (χ1) is 9.90. The van der Waals surface area contributed by atoms with Crippen molar-refractivity contribution >= 4 is 27.3 Å². The number of hydrogen-bond donors (Lipinski definition) is 3. The number of benzene rings is 2. The molecule has 0 unspecified atom stereocenters. The van der Waals surface area contributed by atoms with Crippen LogP contribution in [0, 0.1) is 0 Å². The van der Waals surface area contributed by atoms with E-state index in [-0.39, 0.29) is 27.9 Å². The Bertz CT molecular complexity index is 710. The average Bonchev–Trinajstić information content (AvgIpc) is 2.40. The van der Waals surface area contributed by atoms with Crippen molar-refractivity contribution < 1.29 is 13.5 Å². The molecule has 0 saturated carbocycles. The smallest absolute Gasteiger partial charge is 0.244 e. The van der Waals surface area contributed by atoms with Crippen molar-refractivity contribution in [2.24, 2.45) is 0 Å². The maximum atomic E-state index is 12.2. The van der Waals surface area contributed by atoms with E-state index < -0.39 is 10.0 Å². The second-order valence-corrected chi connectivity index (χ2v) is 6.58. The summed E-state index contributed by atoms with van der Waals surface area (Å²) in [6, 6.07) is 11.1. The van der Waals surface area contributed by atoms with Crippen molar-refractivity contribution in [3.8, 4) is 5.75 Å². The van der Waals surface area contributed by atoms with Gasteiger partial charge in [-0.15, -0.1) is 0 Å². The first-order valence-corrected chi connectivity index (χ1v) is 8.08. The maximum Gasteiger partial charge on any atom is 0.244 e. The van der Waals surface area contributed by atoms with Crippen molar-refractivity contribution in [1.82, 2.24) is 4.72 Å². The molecule has 4 N–H and O–H groups in total. The number of nitrogen functional groups attached to an aromatic ring is 1. The van der Waals surface area contributed by atoms with Gasteiger partial charge < -0.3 is 10.8 Å². The molecule has 5 nitrogen and oxygen atoms in total. The Labute approximate surface area is 128 Å². The van der Waals surface area contributed by atoms with Gasteiger partial charge in [-0.25, -0.2) is 13.1 Å². The molecule has 0 fully saturated rings. The molecule has 0 amide bonds. The molecule has 0 aromatic heterocycles. The van der Waals surface area contributed by atoms with E-state index >= 15 is 0 Å². The molecule has 0 spiro atoms. The van der Waals surface area contributed by atoms with Gasteiger partial charge in [0.25, 0.3) is 0 Å². The van der Waals surface area contributed by atoms with E-state index in [1.807, 2.05) is 0 Å². The minimum atomic E-state index is -3.76. The molecule has 21 heavy (non-hydrogen) atoms. The fraction of sp³-hybridized carbons (Fsp3) is 0.143. The van der Waals surface area contributed by atoms with Crippen molar-refractivity contribution in [1.29, 1.82) is 0 Å². The molecule has 7 heteroatoms. The van der Waals surface area contributed by atoms with Gasteiger partial charge in [-0.05, 0) is 36.2 Å². The number of phenolic OH excluding ortho intramolecular Hbond substituents is 1. The Hall–Kier alpha value is -1.76. The Kier molecular flexibility index (Phi) is 4.72. The Morgan fingerprint density at radius 1 is 1.14 bits per heavy atom. The number of anilines is 1. The zero-order chi connectivity index (χ0) is 15.5. The fourth-order valence-corrected chi connectivity index (χ4v) is 3.58. The van der Waals surface area contributed by atoms with Crippen LogP contribution in [0.4, 0.5) is 5.69 Å². The third-order valence-corrected chi connectivity index (χ3v) is 4.91. The number of rotatable bonds is 5. The summed E-state index contributed by atoms with van der Waals surface area (Å²) in [5.74, 6) is 0.170. The van der Waals surface area contributed by atoms with Crippen LogP contribution in [-0.4, -0.2) is 20.1 Å². The lowest BCUT2D eigenvalue weighted by Crippen LogP contribution is -2.27. The molecule has 0 saturated heterocycles. The lowest BCUT2D eigenvalue weighted by Gasteiger charge is -2.10. The van der Waals surface area contributed by atoms with E-state index in [4.69, 9.17) is 17.3 Å². The zero-order valence-corrected chi connectivity index (χ0v) is 12.7. The van der Waals surface area contributed by atoms with E-state index in [1.54, 1.807) is 30.3 Å². The second-order valence-electron chi connectivity index (χ2n) is 4.47. The quantitative estimate of drug-likeness (QED) is 0.734. The van der Waals surface area contributed by atoms with Gasteiger partial charge in [0.15, 0.2) is 0 Å². The molecular formula is C14H15ClN2O3S. The Morgan fingerprint density at radius 3 is 2.43 bits per heavy atom. The van der Waals surface area contributed by atoms with Gasteiger partial charge in [0, 0.05) is 6.54 Å². The third kappa shape index (κ3) is 3.87.